The second-order valence-electron chi connectivity index (χ2n) is 2.70. The summed E-state index contributed by atoms with van der Waals surface area (Å²) in [4.78, 5) is 0. The second-order valence-corrected chi connectivity index (χ2v) is 3.62. The number of hydrogen-bond donors (Lipinski definition) is 0. The first-order chi connectivity index (χ1) is 5.79. The van der Waals surface area contributed by atoms with Crippen LogP contribution in [0.5, 0.6) is 0 Å². The van der Waals surface area contributed by atoms with Gasteiger partial charge in [-0.25, -0.2) is 4.52 Å². The highest BCUT2D eigenvalue weighted by atomic mass is 79.9. The van der Waals surface area contributed by atoms with Gasteiger partial charge in [0.15, 0.2) is 0 Å². The predicted molar refractivity (Wildman–Crippen MR) is 52.3 cm³/mol. The molecule has 0 atom stereocenters. The lowest BCUT2D eigenvalue weighted by atomic mass is 10.3. The lowest BCUT2D eigenvalue weighted by molar-refractivity contribution is 0.897. The molecule has 0 spiro atoms. The summed E-state index contributed by atoms with van der Waals surface area (Å²) in [5.74, 6) is 0. The summed E-state index contributed by atoms with van der Waals surface area (Å²) in [6.45, 7) is 2.11. The molecule has 2 aromatic rings. The first kappa shape index (κ1) is 7.80. The lowest BCUT2D eigenvalue weighted by Gasteiger charge is -1.91. The van der Waals surface area contributed by atoms with Crippen LogP contribution in [-0.2, 0) is 6.42 Å². The van der Waals surface area contributed by atoms with E-state index in [2.05, 4.69) is 40.1 Å². The van der Waals surface area contributed by atoms with E-state index in [1.165, 1.54) is 0 Å². The fraction of sp³-hybridized carbons (Fsp3) is 0.222. The predicted octanol–water partition coefficient (Wildman–Crippen LogP) is 2.66. The Kier molecular flexibility index (Phi) is 1.89. The Morgan fingerprint density at radius 3 is 3.08 bits per heavy atom. The van der Waals surface area contributed by atoms with Crippen LogP contribution in [0.2, 0.25) is 0 Å². The number of fused-ring (bicyclic) bond motifs is 1. The zero-order valence-corrected chi connectivity index (χ0v) is 8.37. The van der Waals surface area contributed by atoms with Gasteiger partial charge in [-0.2, -0.15) is 5.10 Å². The summed E-state index contributed by atoms with van der Waals surface area (Å²) >= 11 is 3.42. The summed E-state index contributed by atoms with van der Waals surface area (Å²) in [5.41, 5.74) is 2.27. The van der Waals surface area contributed by atoms with E-state index in [1.54, 1.807) is 0 Å². The molecule has 0 unspecified atom stereocenters. The zero-order valence-electron chi connectivity index (χ0n) is 6.79. The summed E-state index contributed by atoms with van der Waals surface area (Å²) in [7, 11) is 0. The first-order valence-corrected chi connectivity index (χ1v) is 4.72. The largest absolute Gasteiger partial charge is 0.241 e. The lowest BCUT2D eigenvalue weighted by Crippen LogP contribution is -1.86. The summed E-state index contributed by atoms with van der Waals surface area (Å²) < 4.78 is 2.99. The third-order valence-electron chi connectivity index (χ3n) is 1.84. The molecular formula is C9H9BrN2. The monoisotopic (exact) mass is 224 g/mol. The van der Waals surface area contributed by atoms with E-state index in [-0.39, 0.29) is 0 Å². The van der Waals surface area contributed by atoms with E-state index >= 15 is 0 Å². The van der Waals surface area contributed by atoms with Crippen molar-refractivity contribution in [3.63, 3.8) is 0 Å². The Morgan fingerprint density at radius 2 is 2.33 bits per heavy atom. The molecule has 0 fully saturated rings. The number of rotatable bonds is 1. The van der Waals surface area contributed by atoms with Crippen molar-refractivity contribution in [3.05, 3.63) is 34.6 Å². The van der Waals surface area contributed by atoms with Gasteiger partial charge in [0.1, 0.15) is 0 Å². The summed E-state index contributed by atoms with van der Waals surface area (Å²) in [6, 6.07) is 6.15. The molecule has 12 heavy (non-hydrogen) atoms. The van der Waals surface area contributed by atoms with E-state index in [0.29, 0.717) is 0 Å². The number of aromatic nitrogens is 2. The molecule has 2 heterocycles. The molecule has 0 saturated carbocycles. The minimum atomic E-state index is 0.985. The normalized spacial score (nSPS) is 10.8. The van der Waals surface area contributed by atoms with Gasteiger partial charge in [0.25, 0.3) is 0 Å². The van der Waals surface area contributed by atoms with Gasteiger partial charge >= 0.3 is 0 Å². The highest BCUT2D eigenvalue weighted by molar-refractivity contribution is 9.10. The van der Waals surface area contributed by atoms with Crippen molar-refractivity contribution in [1.82, 2.24) is 9.61 Å². The molecule has 3 heteroatoms. The SMILES string of the molecule is CCc1cc2cc(Br)ccn2n1. The van der Waals surface area contributed by atoms with Gasteiger partial charge in [0.2, 0.25) is 0 Å². The van der Waals surface area contributed by atoms with Crippen molar-refractivity contribution >= 4 is 21.4 Å². The number of hydrogen-bond acceptors (Lipinski definition) is 1. The average molecular weight is 225 g/mol. The van der Waals surface area contributed by atoms with Gasteiger partial charge in [-0.1, -0.05) is 22.9 Å². The Balaban J connectivity index is 2.67. The van der Waals surface area contributed by atoms with Crippen LogP contribution in [0.3, 0.4) is 0 Å². The van der Waals surface area contributed by atoms with E-state index in [0.717, 1.165) is 22.1 Å². The van der Waals surface area contributed by atoms with Crippen LogP contribution in [-0.4, -0.2) is 9.61 Å². The third kappa shape index (κ3) is 1.25. The molecule has 2 aromatic heterocycles. The molecule has 0 saturated heterocycles. The average Bonchev–Trinajstić information content (AvgIpc) is 2.46. The molecule has 0 aliphatic heterocycles. The molecule has 0 bridgehead atoms. The van der Waals surface area contributed by atoms with E-state index < -0.39 is 0 Å². The van der Waals surface area contributed by atoms with Crippen LogP contribution in [0.1, 0.15) is 12.6 Å². The highest BCUT2D eigenvalue weighted by Gasteiger charge is 1.98. The third-order valence-corrected chi connectivity index (χ3v) is 2.33. The van der Waals surface area contributed by atoms with Gasteiger partial charge in [-0.05, 0) is 24.6 Å². The minimum Gasteiger partial charge on any atom is -0.241 e. The second kappa shape index (κ2) is 2.90. The molecule has 0 aromatic carbocycles. The van der Waals surface area contributed by atoms with Crippen molar-refractivity contribution in [2.24, 2.45) is 0 Å². The summed E-state index contributed by atoms with van der Waals surface area (Å²) in [6.07, 6.45) is 2.94. The van der Waals surface area contributed by atoms with Crippen molar-refractivity contribution in [3.8, 4) is 0 Å². The number of aryl methyl sites for hydroxylation is 1. The minimum absolute atomic E-state index is 0.985. The topological polar surface area (TPSA) is 17.3 Å². The molecule has 2 rings (SSSR count). The van der Waals surface area contributed by atoms with Gasteiger partial charge in [0, 0.05) is 10.7 Å². The van der Waals surface area contributed by atoms with Crippen molar-refractivity contribution < 1.29 is 0 Å². The molecule has 0 radical (unpaired) electrons. The maximum Gasteiger partial charge on any atom is 0.0675 e. The van der Waals surface area contributed by atoms with Crippen LogP contribution < -0.4 is 0 Å². The molecule has 62 valence electrons. The van der Waals surface area contributed by atoms with Crippen LogP contribution >= 0.6 is 15.9 Å². The fourth-order valence-electron chi connectivity index (χ4n) is 1.19. The maximum atomic E-state index is 4.37. The summed E-state index contributed by atoms with van der Waals surface area (Å²) in [5, 5.41) is 4.37. The van der Waals surface area contributed by atoms with Gasteiger partial charge in [-0.15, -0.1) is 0 Å². The Hall–Kier alpha value is -0.830. The van der Waals surface area contributed by atoms with Crippen molar-refractivity contribution in [1.29, 1.82) is 0 Å². The Labute approximate surface area is 79.3 Å². The van der Waals surface area contributed by atoms with Gasteiger partial charge in [0.05, 0.1) is 11.2 Å². The van der Waals surface area contributed by atoms with Crippen LogP contribution in [0.25, 0.3) is 5.52 Å². The Bertz CT molecular complexity index is 406. The molecular weight excluding hydrogens is 216 g/mol. The number of nitrogens with zero attached hydrogens (tertiary/aromatic N) is 2. The molecule has 0 aliphatic carbocycles. The number of pyridine rings is 1. The molecule has 2 nitrogen and oxygen atoms in total. The van der Waals surface area contributed by atoms with Crippen LogP contribution in [0.4, 0.5) is 0 Å². The molecule has 0 amide bonds. The Morgan fingerprint density at radius 1 is 1.50 bits per heavy atom. The highest BCUT2D eigenvalue weighted by Crippen LogP contribution is 2.13. The smallest absolute Gasteiger partial charge is 0.0675 e. The zero-order chi connectivity index (χ0) is 8.55. The standard InChI is InChI=1S/C9H9BrN2/c1-2-8-6-9-5-7(10)3-4-12(9)11-8/h3-6H,2H2,1H3. The molecule has 0 aliphatic rings. The first-order valence-electron chi connectivity index (χ1n) is 3.93. The number of halogens is 1. The van der Waals surface area contributed by atoms with Crippen LogP contribution in [0, 0.1) is 0 Å². The van der Waals surface area contributed by atoms with Gasteiger partial charge < -0.3 is 0 Å². The van der Waals surface area contributed by atoms with Gasteiger partial charge in [-0.3, -0.25) is 0 Å². The quantitative estimate of drug-likeness (QED) is 0.729. The fourth-order valence-corrected chi connectivity index (χ4v) is 1.55. The van der Waals surface area contributed by atoms with Crippen molar-refractivity contribution in [2.75, 3.05) is 0 Å². The van der Waals surface area contributed by atoms with E-state index in [9.17, 15) is 0 Å². The van der Waals surface area contributed by atoms with E-state index in [1.807, 2.05) is 16.8 Å². The maximum absolute atomic E-state index is 4.37. The van der Waals surface area contributed by atoms with Crippen LogP contribution in [0.15, 0.2) is 28.9 Å². The van der Waals surface area contributed by atoms with Crippen molar-refractivity contribution in [2.45, 2.75) is 13.3 Å². The molecule has 0 N–H and O–H groups in total. The van der Waals surface area contributed by atoms with E-state index in [4.69, 9.17) is 0 Å².